The number of hydrogen-bond acceptors (Lipinski definition) is 5. The maximum atomic E-state index is 13.8. The average Bonchev–Trinajstić information content (AvgIpc) is 3.23. The molecule has 3 unspecified atom stereocenters. The lowest BCUT2D eigenvalue weighted by atomic mass is 9.62. The van der Waals surface area contributed by atoms with Crippen LogP contribution in [0.4, 0.5) is 5.69 Å². The highest BCUT2D eigenvalue weighted by Gasteiger charge is 2.79. The predicted octanol–water partition coefficient (Wildman–Crippen LogP) is 1.93. The summed E-state index contributed by atoms with van der Waals surface area (Å²) in [6.07, 6.45) is 0.869. The fourth-order valence-electron chi connectivity index (χ4n) is 6.10. The SMILES string of the molecule is CC1CC23O[C@]1(C)[C@@H](C(=O)Nc1ccccc1)[C@H]2C(=O)N(CCCO)C3C(=O)NC(C)(C)C. The molecule has 3 N–H and O–H groups in total. The number of rotatable bonds is 6. The summed E-state index contributed by atoms with van der Waals surface area (Å²) in [7, 11) is 0. The highest BCUT2D eigenvalue weighted by molar-refractivity contribution is 6.02. The lowest BCUT2D eigenvalue weighted by molar-refractivity contribution is -0.147. The van der Waals surface area contributed by atoms with Gasteiger partial charge in [0.1, 0.15) is 11.6 Å². The zero-order valence-electron chi connectivity index (χ0n) is 20.1. The summed E-state index contributed by atoms with van der Waals surface area (Å²) in [4.78, 5) is 42.4. The van der Waals surface area contributed by atoms with E-state index in [2.05, 4.69) is 10.6 Å². The van der Waals surface area contributed by atoms with Crippen molar-refractivity contribution in [3.05, 3.63) is 30.3 Å². The number of benzene rings is 1. The number of fused-ring (bicyclic) bond motifs is 1. The van der Waals surface area contributed by atoms with Crippen LogP contribution in [0.5, 0.6) is 0 Å². The molecule has 8 heteroatoms. The molecule has 0 aromatic heterocycles. The molecule has 2 bridgehead atoms. The van der Waals surface area contributed by atoms with Gasteiger partial charge in [0, 0.05) is 24.4 Å². The van der Waals surface area contributed by atoms with Crippen molar-refractivity contribution >= 4 is 23.4 Å². The van der Waals surface area contributed by atoms with E-state index in [4.69, 9.17) is 4.74 Å². The number of anilines is 1. The Bertz CT molecular complexity index is 945. The number of amides is 3. The van der Waals surface area contributed by atoms with E-state index in [1.54, 1.807) is 12.1 Å². The third-order valence-electron chi connectivity index (χ3n) is 7.44. The van der Waals surface area contributed by atoms with Crippen LogP contribution in [0.15, 0.2) is 30.3 Å². The van der Waals surface area contributed by atoms with Gasteiger partial charge in [0.2, 0.25) is 17.7 Å². The molecule has 4 rings (SSSR count). The first-order chi connectivity index (χ1) is 15.4. The summed E-state index contributed by atoms with van der Waals surface area (Å²) in [5.74, 6) is -2.29. The predicted molar refractivity (Wildman–Crippen MR) is 123 cm³/mol. The van der Waals surface area contributed by atoms with Crippen molar-refractivity contribution in [2.24, 2.45) is 17.8 Å². The van der Waals surface area contributed by atoms with E-state index in [-0.39, 0.29) is 36.8 Å². The third kappa shape index (κ3) is 3.73. The molecule has 1 aromatic rings. The van der Waals surface area contributed by atoms with Gasteiger partial charge in [-0.2, -0.15) is 0 Å². The maximum absolute atomic E-state index is 13.8. The monoisotopic (exact) mass is 457 g/mol. The van der Waals surface area contributed by atoms with E-state index in [1.807, 2.05) is 52.8 Å². The fourth-order valence-corrected chi connectivity index (χ4v) is 6.10. The van der Waals surface area contributed by atoms with Crippen LogP contribution < -0.4 is 10.6 Å². The minimum Gasteiger partial charge on any atom is -0.396 e. The Morgan fingerprint density at radius 2 is 1.88 bits per heavy atom. The van der Waals surface area contributed by atoms with Crippen molar-refractivity contribution in [2.45, 2.75) is 70.2 Å². The Hall–Kier alpha value is -2.45. The fraction of sp³-hybridized carbons (Fsp3) is 0.640. The van der Waals surface area contributed by atoms with Gasteiger partial charge in [0.15, 0.2) is 0 Å². The van der Waals surface area contributed by atoms with E-state index < -0.39 is 34.6 Å². The first kappa shape index (κ1) is 23.7. The molecular weight excluding hydrogens is 422 g/mol. The lowest BCUT2D eigenvalue weighted by Crippen LogP contribution is -2.58. The van der Waals surface area contributed by atoms with Gasteiger partial charge < -0.3 is 25.4 Å². The van der Waals surface area contributed by atoms with Crippen LogP contribution in [0.1, 0.15) is 47.5 Å². The van der Waals surface area contributed by atoms with Crippen molar-refractivity contribution in [3.8, 4) is 0 Å². The van der Waals surface area contributed by atoms with Crippen LogP contribution in [-0.4, -0.2) is 63.7 Å². The number of nitrogens with one attached hydrogen (secondary N) is 2. The van der Waals surface area contributed by atoms with Crippen molar-refractivity contribution in [2.75, 3.05) is 18.5 Å². The van der Waals surface area contributed by atoms with Crippen LogP contribution in [0.3, 0.4) is 0 Å². The molecule has 180 valence electrons. The number of nitrogens with zero attached hydrogens (tertiary/aromatic N) is 1. The second kappa shape index (κ2) is 8.09. The highest BCUT2D eigenvalue weighted by Crippen LogP contribution is 2.65. The third-order valence-corrected chi connectivity index (χ3v) is 7.44. The Morgan fingerprint density at radius 3 is 2.48 bits per heavy atom. The van der Waals surface area contributed by atoms with Crippen molar-refractivity contribution in [3.63, 3.8) is 0 Å². The smallest absolute Gasteiger partial charge is 0.246 e. The van der Waals surface area contributed by atoms with E-state index in [1.165, 1.54) is 4.90 Å². The molecule has 1 aromatic carbocycles. The van der Waals surface area contributed by atoms with Gasteiger partial charge in [-0.15, -0.1) is 0 Å². The van der Waals surface area contributed by atoms with Crippen LogP contribution in [0, 0.1) is 17.8 Å². The Labute approximate surface area is 195 Å². The Kier molecular flexibility index (Phi) is 5.81. The molecule has 3 saturated heterocycles. The molecule has 3 aliphatic rings. The van der Waals surface area contributed by atoms with Crippen molar-refractivity contribution in [1.29, 1.82) is 0 Å². The first-order valence-electron chi connectivity index (χ1n) is 11.7. The minimum absolute atomic E-state index is 0.0178. The number of aliphatic hydroxyl groups excluding tert-OH is 1. The molecule has 3 aliphatic heterocycles. The molecule has 0 aliphatic carbocycles. The molecule has 3 fully saturated rings. The summed E-state index contributed by atoms with van der Waals surface area (Å²) in [6.45, 7) is 9.72. The second-order valence-corrected chi connectivity index (χ2v) is 10.9. The quantitative estimate of drug-likeness (QED) is 0.605. The van der Waals surface area contributed by atoms with Gasteiger partial charge >= 0.3 is 0 Å². The van der Waals surface area contributed by atoms with Gasteiger partial charge in [-0.1, -0.05) is 25.1 Å². The van der Waals surface area contributed by atoms with E-state index in [0.717, 1.165) is 0 Å². The molecule has 33 heavy (non-hydrogen) atoms. The van der Waals surface area contributed by atoms with Crippen molar-refractivity contribution in [1.82, 2.24) is 10.2 Å². The summed E-state index contributed by atoms with van der Waals surface area (Å²) in [6, 6.07) is 8.30. The molecule has 3 amide bonds. The van der Waals surface area contributed by atoms with Gasteiger partial charge in [-0.05, 0) is 58.6 Å². The van der Waals surface area contributed by atoms with Crippen LogP contribution in [-0.2, 0) is 19.1 Å². The van der Waals surface area contributed by atoms with Crippen LogP contribution in [0.25, 0.3) is 0 Å². The molecule has 0 saturated carbocycles. The second-order valence-electron chi connectivity index (χ2n) is 10.9. The Balaban J connectivity index is 1.74. The first-order valence-corrected chi connectivity index (χ1v) is 11.7. The zero-order valence-corrected chi connectivity index (χ0v) is 20.1. The highest BCUT2D eigenvalue weighted by atomic mass is 16.5. The number of aliphatic hydroxyl groups is 1. The lowest BCUT2D eigenvalue weighted by Gasteiger charge is -2.36. The summed E-state index contributed by atoms with van der Waals surface area (Å²) in [5.41, 5.74) is -1.77. The molecule has 6 atom stereocenters. The maximum Gasteiger partial charge on any atom is 0.246 e. The number of hydrogen-bond donors (Lipinski definition) is 3. The standard InChI is InChI=1S/C25H35N3O5/c1-15-14-25-18(17(24(15,5)33-25)20(30)26-16-10-7-6-8-11-16)22(32)28(12-9-13-29)19(25)21(31)27-23(2,3)4/h6-8,10-11,15,17-19,29H,9,12-14H2,1-5H3,(H,26,30)(H,27,31)/t15?,17-,18+,19?,24+,25?/m1/s1. The summed E-state index contributed by atoms with van der Waals surface area (Å²) >= 11 is 0. The summed E-state index contributed by atoms with van der Waals surface area (Å²) in [5, 5.41) is 15.4. The zero-order chi connectivity index (χ0) is 24.2. The minimum atomic E-state index is -1.07. The van der Waals surface area contributed by atoms with Gasteiger partial charge in [-0.3, -0.25) is 14.4 Å². The normalized spacial score (nSPS) is 35.0. The number of carbonyl (C=O) groups excluding carboxylic acids is 3. The average molecular weight is 458 g/mol. The number of likely N-dealkylation sites (tertiary alicyclic amines) is 1. The number of carbonyl (C=O) groups is 3. The van der Waals surface area contributed by atoms with Gasteiger partial charge in [0.05, 0.1) is 17.4 Å². The summed E-state index contributed by atoms with van der Waals surface area (Å²) < 4.78 is 6.64. The van der Waals surface area contributed by atoms with E-state index >= 15 is 0 Å². The van der Waals surface area contributed by atoms with Crippen LogP contribution >= 0.6 is 0 Å². The Morgan fingerprint density at radius 1 is 1.21 bits per heavy atom. The molecular formula is C25H35N3O5. The van der Waals surface area contributed by atoms with Crippen molar-refractivity contribution < 1.29 is 24.2 Å². The number of ether oxygens (including phenoxy) is 1. The number of para-hydroxylation sites is 1. The topological polar surface area (TPSA) is 108 Å². The van der Waals surface area contributed by atoms with E-state index in [0.29, 0.717) is 18.5 Å². The molecule has 3 heterocycles. The molecule has 0 radical (unpaired) electrons. The molecule has 8 nitrogen and oxygen atoms in total. The molecule has 1 spiro atoms. The van der Waals surface area contributed by atoms with E-state index in [9.17, 15) is 19.5 Å². The largest absolute Gasteiger partial charge is 0.396 e. The van der Waals surface area contributed by atoms with Crippen LogP contribution in [0.2, 0.25) is 0 Å². The van der Waals surface area contributed by atoms with Gasteiger partial charge in [-0.25, -0.2) is 0 Å². The van der Waals surface area contributed by atoms with Gasteiger partial charge in [0.25, 0.3) is 0 Å².